The number of Topliss-reactive ketones (excluding diaryl/α,β-unsaturated/α-hetero) is 1. The normalized spacial score (nSPS) is 10.3. The summed E-state index contributed by atoms with van der Waals surface area (Å²) in [5, 5.41) is 0.538. The number of benzene rings is 2. The molecule has 2 aromatic rings. The summed E-state index contributed by atoms with van der Waals surface area (Å²) in [5.41, 5.74) is 1.42. The van der Waals surface area contributed by atoms with E-state index in [1.165, 1.54) is 7.11 Å². The van der Waals surface area contributed by atoms with Crippen LogP contribution in [0.4, 0.5) is 0 Å². The number of carbonyl (C=O) groups excluding carboxylic acids is 1. The van der Waals surface area contributed by atoms with Crippen LogP contribution in [0.3, 0.4) is 0 Å². The Balaban J connectivity index is 2.24. The Morgan fingerprint density at radius 1 is 1.10 bits per heavy atom. The summed E-state index contributed by atoms with van der Waals surface area (Å²) < 4.78 is 11.2. The number of ether oxygens (including phenoxy) is 2. The third kappa shape index (κ3) is 3.77. The lowest BCUT2D eigenvalue weighted by Crippen LogP contribution is -2.06. The van der Waals surface area contributed by atoms with Gasteiger partial charge in [-0.25, -0.2) is 0 Å². The molecule has 5 heteroatoms. The molecule has 0 amide bonds. The Morgan fingerprint density at radius 2 is 1.81 bits per heavy atom. The molecule has 0 aliphatic heterocycles. The van der Waals surface area contributed by atoms with Crippen LogP contribution >= 0.6 is 27.5 Å². The van der Waals surface area contributed by atoms with Crippen molar-refractivity contribution >= 4 is 33.3 Å². The minimum atomic E-state index is -0.0272. The van der Waals surface area contributed by atoms with Crippen molar-refractivity contribution in [1.82, 2.24) is 0 Å². The number of rotatable bonds is 5. The fourth-order valence-electron chi connectivity index (χ4n) is 2.00. The number of methoxy groups -OCH3 is 2. The maximum atomic E-state index is 12.4. The van der Waals surface area contributed by atoms with Gasteiger partial charge in [0.05, 0.1) is 24.3 Å². The average molecular weight is 370 g/mol. The molecule has 0 radical (unpaired) electrons. The molecule has 0 fully saturated rings. The second-order valence-corrected chi connectivity index (χ2v) is 5.70. The number of carbonyl (C=O) groups is 1. The zero-order valence-electron chi connectivity index (χ0n) is 11.7. The van der Waals surface area contributed by atoms with Gasteiger partial charge in [-0.05, 0) is 51.8 Å². The summed E-state index contributed by atoms with van der Waals surface area (Å²) in [4.78, 5) is 12.4. The van der Waals surface area contributed by atoms with Gasteiger partial charge in [0.25, 0.3) is 0 Å². The van der Waals surface area contributed by atoms with Crippen molar-refractivity contribution in [3.8, 4) is 11.5 Å². The van der Waals surface area contributed by atoms with Gasteiger partial charge in [0.2, 0.25) is 0 Å². The number of hydrogen-bond acceptors (Lipinski definition) is 3. The molecule has 3 nitrogen and oxygen atoms in total. The third-order valence-corrected chi connectivity index (χ3v) is 3.90. The van der Waals surface area contributed by atoms with Crippen molar-refractivity contribution in [1.29, 1.82) is 0 Å². The summed E-state index contributed by atoms with van der Waals surface area (Å²) in [6, 6.07) is 10.6. The first kappa shape index (κ1) is 15.9. The van der Waals surface area contributed by atoms with Gasteiger partial charge in [0.15, 0.2) is 5.78 Å². The van der Waals surface area contributed by atoms with Crippen molar-refractivity contribution < 1.29 is 14.3 Å². The summed E-state index contributed by atoms with van der Waals surface area (Å²) in [5.74, 6) is 1.19. The van der Waals surface area contributed by atoms with E-state index in [1.54, 1.807) is 25.3 Å². The van der Waals surface area contributed by atoms with Crippen LogP contribution in [0.15, 0.2) is 40.9 Å². The quantitative estimate of drug-likeness (QED) is 0.726. The van der Waals surface area contributed by atoms with Gasteiger partial charge in [-0.3, -0.25) is 4.79 Å². The van der Waals surface area contributed by atoms with Crippen LogP contribution in [0.1, 0.15) is 15.9 Å². The third-order valence-electron chi connectivity index (χ3n) is 3.04. The molecule has 0 aliphatic rings. The molecule has 0 aliphatic carbocycles. The molecule has 0 bridgehead atoms. The molecule has 0 aromatic heterocycles. The van der Waals surface area contributed by atoms with Crippen LogP contribution < -0.4 is 9.47 Å². The molecule has 2 rings (SSSR count). The second-order valence-electron chi connectivity index (χ2n) is 4.41. The molecule has 0 saturated heterocycles. The summed E-state index contributed by atoms with van der Waals surface area (Å²) >= 11 is 9.32. The van der Waals surface area contributed by atoms with Gasteiger partial charge in [-0.1, -0.05) is 17.7 Å². The van der Waals surface area contributed by atoms with E-state index in [9.17, 15) is 4.79 Å². The molecule has 2 aromatic carbocycles. The van der Waals surface area contributed by atoms with Crippen molar-refractivity contribution in [2.75, 3.05) is 14.2 Å². The Morgan fingerprint density at radius 3 is 2.43 bits per heavy atom. The largest absolute Gasteiger partial charge is 0.496 e. The van der Waals surface area contributed by atoms with Crippen LogP contribution in [0.25, 0.3) is 0 Å². The summed E-state index contributed by atoms with van der Waals surface area (Å²) in [6.45, 7) is 0. The number of halogens is 2. The maximum Gasteiger partial charge on any atom is 0.170 e. The number of ketones is 1. The zero-order chi connectivity index (χ0) is 15.4. The highest BCUT2D eigenvalue weighted by Crippen LogP contribution is 2.28. The number of hydrogen-bond donors (Lipinski definition) is 0. The van der Waals surface area contributed by atoms with Gasteiger partial charge in [0.1, 0.15) is 11.5 Å². The lowest BCUT2D eigenvalue weighted by molar-refractivity contribution is 0.0990. The molecule has 0 heterocycles. The Bertz CT molecular complexity index is 671. The van der Waals surface area contributed by atoms with E-state index in [0.29, 0.717) is 16.3 Å². The molecular weight excluding hydrogens is 356 g/mol. The first-order valence-electron chi connectivity index (χ1n) is 6.24. The molecule has 0 saturated carbocycles. The predicted octanol–water partition coefficient (Wildman–Crippen LogP) is 4.55. The monoisotopic (exact) mass is 368 g/mol. The summed E-state index contributed by atoms with van der Waals surface area (Å²) in [7, 11) is 3.12. The van der Waals surface area contributed by atoms with Gasteiger partial charge >= 0.3 is 0 Å². The van der Waals surface area contributed by atoms with E-state index in [1.807, 2.05) is 18.2 Å². The molecule has 0 N–H and O–H groups in total. The van der Waals surface area contributed by atoms with Crippen molar-refractivity contribution in [2.24, 2.45) is 0 Å². The first-order chi connectivity index (χ1) is 10.0. The molecule has 0 unspecified atom stereocenters. The Hall–Kier alpha value is -1.52. The predicted molar refractivity (Wildman–Crippen MR) is 86.7 cm³/mol. The average Bonchev–Trinajstić information content (AvgIpc) is 2.47. The van der Waals surface area contributed by atoms with E-state index in [-0.39, 0.29) is 12.2 Å². The lowest BCUT2D eigenvalue weighted by Gasteiger charge is -2.09. The molecule has 0 spiro atoms. The van der Waals surface area contributed by atoms with E-state index in [2.05, 4.69) is 15.9 Å². The Kier molecular flexibility index (Phi) is 5.26. The smallest absolute Gasteiger partial charge is 0.170 e. The van der Waals surface area contributed by atoms with Crippen molar-refractivity contribution in [3.63, 3.8) is 0 Å². The van der Waals surface area contributed by atoms with Crippen LogP contribution in [0.2, 0.25) is 5.02 Å². The van der Waals surface area contributed by atoms with Crippen LogP contribution in [-0.4, -0.2) is 20.0 Å². The summed E-state index contributed by atoms with van der Waals surface area (Å²) in [6.07, 6.45) is 0.278. The SMILES string of the molecule is COc1ccc(CC(=O)c2ccc(Cl)cc2OC)cc1Br. The van der Waals surface area contributed by atoms with Crippen LogP contribution in [-0.2, 0) is 6.42 Å². The van der Waals surface area contributed by atoms with E-state index in [0.717, 1.165) is 15.8 Å². The zero-order valence-corrected chi connectivity index (χ0v) is 14.0. The van der Waals surface area contributed by atoms with Crippen molar-refractivity contribution in [2.45, 2.75) is 6.42 Å². The van der Waals surface area contributed by atoms with E-state index >= 15 is 0 Å². The minimum Gasteiger partial charge on any atom is -0.496 e. The highest BCUT2D eigenvalue weighted by molar-refractivity contribution is 9.10. The maximum absolute atomic E-state index is 12.4. The van der Waals surface area contributed by atoms with E-state index < -0.39 is 0 Å². The lowest BCUT2D eigenvalue weighted by atomic mass is 10.0. The van der Waals surface area contributed by atoms with E-state index in [4.69, 9.17) is 21.1 Å². The highest BCUT2D eigenvalue weighted by atomic mass is 79.9. The topological polar surface area (TPSA) is 35.5 Å². The molecule has 21 heavy (non-hydrogen) atoms. The van der Waals surface area contributed by atoms with Crippen molar-refractivity contribution in [3.05, 3.63) is 57.0 Å². The Labute approximate surface area is 137 Å². The molecule has 0 atom stereocenters. The molecule has 110 valence electrons. The first-order valence-corrected chi connectivity index (χ1v) is 7.41. The fraction of sp³-hybridized carbons (Fsp3) is 0.188. The van der Waals surface area contributed by atoms with Gasteiger partial charge in [-0.2, -0.15) is 0 Å². The fourth-order valence-corrected chi connectivity index (χ4v) is 2.75. The van der Waals surface area contributed by atoms with Crippen LogP contribution in [0, 0.1) is 0 Å². The van der Waals surface area contributed by atoms with Crippen LogP contribution in [0.5, 0.6) is 11.5 Å². The second kappa shape index (κ2) is 6.96. The van der Waals surface area contributed by atoms with Gasteiger partial charge < -0.3 is 9.47 Å². The van der Waals surface area contributed by atoms with Gasteiger partial charge in [-0.15, -0.1) is 0 Å². The minimum absolute atomic E-state index is 0.0272. The standard InChI is InChI=1S/C16H14BrClO3/c1-20-15-6-3-10(7-13(15)17)8-14(19)12-5-4-11(18)9-16(12)21-2/h3-7,9H,8H2,1-2H3. The van der Waals surface area contributed by atoms with Gasteiger partial charge in [0, 0.05) is 11.4 Å². The highest BCUT2D eigenvalue weighted by Gasteiger charge is 2.14. The molecular formula is C16H14BrClO3.